The molecular weight excluding hydrogens is 248 g/mol. The molecule has 4 fully saturated rings. The first kappa shape index (κ1) is 13.9. The van der Waals surface area contributed by atoms with E-state index in [2.05, 4.69) is 49.2 Å². The summed E-state index contributed by atoms with van der Waals surface area (Å²) < 4.78 is 0. The Morgan fingerprint density at radius 1 is 1.05 bits per heavy atom. The van der Waals surface area contributed by atoms with Gasteiger partial charge < -0.3 is 5.32 Å². The molecule has 4 heteroatoms. The third kappa shape index (κ3) is 1.79. The van der Waals surface area contributed by atoms with Crippen molar-refractivity contribution < 1.29 is 0 Å². The Morgan fingerprint density at radius 2 is 1.60 bits per heavy atom. The van der Waals surface area contributed by atoms with Gasteiger partial charge in [-0.05, 0) is 28.6 Å². The van der Waals surface area contributed by atoms with Gasteiger partial charge in [-0.3, -0.25) is 4.85 Å². The van der Waals surface area contributed by atoms with E-state index in [1.165, 1.54) is 0 Å². The van der Waals surface area contributed by atoms with Crippen molar-refractivity contribution in [2.45, 2.75) is 39.9 Å². The summed E-state index contributed by atoms with van der Waals surface area (Å²) in [6.07, 6.45) is 0.125. The van der Waals surface area contributed by atoms with Crippen LogP contribution in [-0.4, -0.2) is 25.3 Å². The van der Waals surface area contributed by atoms with Gasteiger partial charge in [-0.15, -0.1) is 0 Å². The van der Waals surface area contributed by atoms with Crippen LogP contribution in [0.3, 0.4) is 0 Å². The van der Waals surface area contributed by atoms with Crippen LogP contribution in [0, 0.1) is 52.4 Å². The number of nitrogens with zero attached hydrogens (tertiary/aromatic N) is 2. The summed E-state index contributed by atoms with van der Waals surface area (Å²) in [4.78, 5) is 3.54. The summed E-state index contributed by atoms with van der Waals surface area (Å²) in [5.41, 5.74) is 0.909. The van der Waals surface area contributed by atoms with Gasteiger partial charge in [0.05, 0.1) is 18.0 Å². The zero-order chi connectivity index (χ0) is 14.7. The molecule has 20 heavy (non-hydrogen) atoms. The van der Waals surface area contributed by atoms with Crippen molar-refractivity contribution in [1.29, 1.82) is 5.26 Å². The second kappa shape index (κ2) is 4.20. The Bertz CT molecular complexity index is 450. The molecule has 0 bridgehead atoms. The lowest BCUT2D eigenvalue weighted by Crippen LogP contribution is -2.28. The molecule has 2 N–H and O–H groups in total. The Balaban J connectivity index is 0.000000121. The largest absolute Gasteiger partial charge is 0.301 e. The molecule has 2 heterocycles. The molecular formula is C16H24N4. The standard InChI is InChI=1S/2C8H12N2/c1-8(2)5-4-10-7(9-3)6(5)8;1-8(2)5-4-10-6(3-9)7(5)8/h2*5-7,10H,4H2,1-2H3/t5-,6-,7-;5-,6+,7-/m10/s1. The Kier molecular flexibility index (Phi) is 2.91. The summed E-state index contributed by atoms with van der Waals surface area (Å²) in [6.45, 7) is 18.1. The van der Waals surface area contributed by atoms with Gasteiger partial charge >= 0.3 is 0 Å². The van der Waals surface area contributed by atoms with Crippen LogP contribution in [0.15, 0.2) is 0 Å². The van der Waals surface area contributed by atoms with Gasteiger partial charge in [0, 0.05) is 13.1 Å². The molecule has 6 atom stereocenters. The van der Waals surface area contributed by atoms with Gasteiger partial charge in [-0.2, -0.15) is 5.26 Å². The van der Waals surface area contributed by atoms with E-state index in [0.29, 0.717) is 22.7 Å². The number of piperidine rings is 2. The topological polar surface area (TPSA) is 52.2 Å². The lowest BCUT2D eigenvalue weighted by Gasteiger charge is -2.11. The highest BCUT2D eigenvalue weighted by atomic mass is 15.1. The second-order valence-corrected chi connectivity index (χ2v) is 7.90. The average Bonchev–Trinajstić information content (AvgIpc) is 3.00. The maximum Gasteiger partial charge on any atom is 0.280 e. The number of hydrogen-bond donors (Lipinski definition) is 2. The zero-order valence-corrected chi connectivity index (χ0v) is 12.8. The summed E-state index contributed by atoms with van der Waals surface area (Å²) >= 11 is 0. The lowest BCUT2D eigenvalue weighted by atomic mass is 10.0. The Morgan fingerprint density at radius 3 is 1.90 bits per heavy atom. The summed E-state index contributed by atoms with van der Waals surface area (Å²) in [5.74, 6) is 2.84. The van der Waals surface area contributed by atoms with Crippen LogP contribution in [0.5, 0.6) is 0 Å². The molecule has 0 radical (unpaired) electrons. The molecule has 4 aliphatic rings. The molecule has 2 aliphatic heterocycles. The fraction of sp³-hybridized carbons (Fsp3) is 0.875. The van der Waals surface area contributed by atoms with Crippen LogP contribution in [0.2, 0.25) is 0 Å². The van der Waals surface area contributed by atoms with Crippen molar-refractivity contribution in [1.82, 2.24) is 10.6 Å². The molecule has 2 aliphatic carbocycles. The minimum atomic E-state index is 0.125. The molecule has 0 unspecified atom stereocenters. The molecule has 0 spiro atoms. The van der Waals surface area contributed by atoms with Crippen LogP contribution in [0.25, 0.3) is 4.85 Å². The van der Waals surface area contributed by atoms with E-state index in [-0.39, 0.29) is 12.2 Å². The number of rotatable bonds is 0. The molecule has 4 nitrogen and oxygen atoms in total. The smallest absolute Gasteiger partial charge is 0.280 e. The quantitative estimate of drug-likeness (QED) is 0.662. The average molecular weight is 272 g/mol. The lowest BCUT2D eigenvalue weighted by molar-refractivity contribution is 0.436. The van der Waals surface area contributed by atoms with Gasteiger partial charge in [0.15, 0.2) is 0 Å². The Hall–Kier alpha value is -1.10. The molecule has 108 valence electrons. The van der Waals surface area contributed by atoms with E-state index in [1.54, 1.807) is 0 Å². The first-order valence-corrected chi connectivity index (χ1v) is 7.58. The van der Waals surface area contributed by atoms with Gasteiger partial charge in [0.1, 0.15) is 0 Å². The molecule has 0 aromatic rings. The highest BCUT2D eigenvalue weighted by Gasteiger charge is 2.67. The normalized spacial score (nSPS) is 47.9. The summed E-state index contributed by atoms with van der Waals surface area (Å²) in [7, 11) is 0. The van der Waals surface area contributed by atoms with Gasteiger partial charge in [-0.1, -0.05) is 27.7 Å². The molecule has 2 saturated heterocycles. The third-order valence-corrected chi connectivity index (χ3v) is 6.36. The molecule has 0 amide bonds. The predicted octanol–water partition coefficient (Wildman–Crippen LogP) is 1.86. The highest BCUT2D eigenvalue weighted by molar-refractivity contribution is 5.20. The van der Waals surface area contributed by atoms with Crippen molar-refractivity contribution >= 4 is 0 Å². The number of fused-ring (bicyclic) bond motifs is 2. The van der Waals surface area contributed by atoms with E-state index in [9.17, 15) is 0 Å². The molecule has 2 saturated carbocycles. The SMILES string of the molecule is CC1(C)[C@@H]2[C@@H](C#N)NC[C@@H]21.[C-]#[N+][C@@H]1NC[C@@H]2[C@H]1C2(C)C. The second-order valence-electron chi connectivity index (χ2n) is 7.90. The molecule has 0 aromatic heterocycles. The van der Waals surface area contributed by atoms with Crippen molar-refractivity contribution in [2.75, 3.05) is 13.1 Å². The van der Waals surface area contributed by atoms with Crippen molar-refractivity contribution in [3.05, 3.63) is 11.4 Å². The number of nitriles is 1. The predicted molar refractivity (Wildman–Crippen MR) is 77.3 cm³/mol. The summed E-state index contributed by atoms with van der Waals surface area (Å²) in [6, 6.07) is 2.44. The Labute approximate surface area is 121 Å². The van der Waals surface area contributed by atoms with Gasteiger partial charge in [-0.25, -0.2) is 11.9 Å². The number of hydrogen-bond acceptors (Lipinski definition) is 3. The van der Waals surface area contributed by atoms with E-state index >= 15 is 0 Å². The van der Waals surface area contributed by atoms with Gasteiger partial charge in [0.2, 0.25) is 0 Å². The van der Waals surface area contributed by atoms with E-state index < -0.39 is 0 Å². The molecule has 4 rings (SSSR count). The molecule has 0 aromatic carbocycles. The highest BCUT2D eigenvalue weighted by Crippen LogP contribution is 2.62. The first-order chi connectivity index (χ1) is 9.35. The fourth-order valence-electron chi connectivity index (χ4n) is 4.65. The van der Waals surface area contributed by atoms with Crippen molar-refractivity contribution in [3.63, 3.8) is 0 Å². The van der Waals surface area contributed by atoms with Crippen LogP contribution in [-0.2, 0) is 0 Å². The van der Waals surface area contributed by atoms with E-state index in [4.69, 9.17) is 11.8 Å². The minimum Gasteiger partial charge on any atom is -0.301 e. The fourth-order valence-corrected chi connectivity index (χ4v) is 4.65. The summed E-state index contributed by atoms with van der Waals surface area (Å²) in [5, 5.41) is 15.1. The van der Waals surface area contributed by atoms with Crippen LogP contribution < -0.4 is 10.6 Å². The number of nitrogens with one attached hydrogen (secondary N) is 2. The maximum atomic E-state index is 8.68. The van der Waals surface area contributed by atoms with Crippen LogP contribution in [0.1, 0.15) is 27.7 Å². The minimum absolute atomic E-state index is 0.125. The van der Waals surface area contributed by atoms with E-state index in [1.807, 2.05) is 0 Å². The van der Waals surface area contributed by atoms with Gasteiger partial charge in [0.25, 0.3) is 6.17 Å². The third-order valence-electron chi connectivity index (χ3n) is 6.36. The monoisotopic (exact) mass is 272 g/mol. The zero-order valence-electron chi connectivity index (χ0n) is 12.8. The van der Waals surface area contributed by atoms with E-state index in [0.717, 1.165) is 24.9 Å². The van der Waals surface area contributed by atoms with Crippen molar-refractivity contribution in [3.8, 4) is 6.07 Å². The van der Waals surface area contributed by atoms with Crippen molar-refractivity contribution in [2.24, 2.45) is 34.5 Å². The maximum absolute atomic E-state index is 8.68. The first-order valence-electron chi connectivity index (χ1n) is 7.58. The van der Waals surface area contributed by atoms with Crippen LogP contribution in [0.4, 0.5) is 0 Å². The van der Waals surface area contributed by atoms with Crippen LogP contribution >= 0.6 is 0 Å².